The summed E-state index contributed by atoms with van der Waals surface area (Å²) < 4.78 is 4.94. The standard InChI is InChI=1S/C12H24N2O2/c1-4-16-12(15)6-5-10-7-11(13-2)9-14(3)8-10/h10-11,13H,4-9H2,1-3H3. The van der Waals surface area contributed by atoms with Crippen LogP contribution in [-0.2, 0) is 9.53 Å². The first-order valence-corrected chi connectivity index (χ1v) is 6.17. The van der Waals surface area contributed by atoms with Gasteiger partial charge in [0.05, 0.1) is 6.61 Å². The van der Waals surface area contributed by atoms with E-state index in [0.717, 1.165) is 19.5 Å². The Morgan fingerprint density at radius 2 is 2.25 bits per heavy atom. The summed E-state index contributed by atoms with van der Waals surface area (Å²) in [4.78, 5) is 13.6. The van der Waals surface area contributed by atoms with E-state index in [1.807, 2.05) is 14.0 Å². The lowest BCUT2D eigenvalue weighted by Gasteiger charge is -2.35. The van der Waals surface area contributed by atoms with E-state index in [2.05, 4.69) is 17.3 Å². The van der Waals surface area contributed by atoms with Crippen molar-refractivity contribution in [2.24, 2.45) is 5.92 Å². The smallest absolute Gasteiger partial charge is 0.305 e. The highest BCUT2D eigenvalue weighted by Gasteiger charge is 2.24. The van der Waals surface area contributed by atoms with Crippen LogP contribution in [0.5, 0.6) is 0 Å². The Morgan fingerprint density at radius 1 is 1.50 bits per heavy atom. The molecule has 16 heavy (non-hydrogen) atoms. The third kappa shape index (κ3) is 4.49. The number of hydrogen-bond donors (Lipinski definition) is 1. The highest BCUT2D eigenvalue weighted by Crippen LogP contribution is 2.20. The van der Waals surface area contributed by atoms with Gasteiger partial charge in [-0.25, -0.2) is 0 Å². The molecule has 1 rings (SSSR count). The van der Waals surface area contributed by atoms with Crippen molar-refractivity contribution in [2.45, 2.75) is 32.2 Å². The van der Waals surface area contributed by atoms with Crippen molar-refractivity contribution in [2.75, 3.05) is 33.8 Å². The van der Waals surface area contributed by atoms with E-state index in [9.17, 15) is 4.79 Å². The molecule has 0 bridgehead atoms. The number of likely N-dealkylation sites (N-methyl/N-ethyl adjacent to an activating group) is 2. The highest BCUT2D eigenvalue weighted by molar-refractivity contribution is 5.69. The zero-order chi connectivity index (χ0) is 12.0. The normalized spacial score (nSPS) is 26.7. The van der Waals surface area contributed by atoms with Crippen LogP contribution in [0.3, 0.4) is 0 Å². The minimum atomic E-state index is -0.0586. The molecule has 0 aromatic carbocycles. The van der Waals surface area contributed by atoms with E-state index in [1.54, 1.807) is 0 Å². The van der Waals surface area contributed by atoms with Gasteiger partial charge in [0.2, 0.25) is 0 Å². The van der Waals surface area contributed by atoms with Crippen LogP contribution in [0, 0.1) is 5.92 Å². The number of likely N-dealkylation sites (tertiary alicyclic amines) is 1. The molecule has 0 aliphatic carbocycles. The monoisotopic (exact) mass is 228 g/mol. The van der Waals surface area contributed by atoms with Gasteiger partial charge < -0.3 is 15.0 Å². The van der Waals surface area contributed by atoms with Gasteiger partial charge in [-0.15, -0.1) is 0 Å². The predicted molar refractivity (Wildman–Crippen MR) is 64.3 cm³/mol. The lowest BCUT2D eigenvalue weighted by molar-refractivity contribution is -0.143. The van der Waals surface area contributed by atoms with Gasteiger partial charge in [-0.1, -0.05) is 0 Å². The molecule has 0 spiro atoms. The largest absolute Gasteiger partial charge is 0.466 e. The average Bonchev–Trinajstić information content (AvgIpc) is 2.26. The fourth-order valence-corrected chi connectivity index (χ4v) is 2.42. The summed E-state index contributed by atoms with van der Waals surface area (Å²) in [6, 6.07) is 0.561. The van der Waals surface area contributed by atoms with E-state index in [0.29, 0.717) is 25.0 Å². The van der Waals surface area contributed by atoms with Gasteiger partial charge in [0, 0.05) is 25.6 Å². The molecule has 0 aromatic rings. The van der Waals surface area contributed by atoms with Gasteiger partial charge in [0.15, 0.2) is 0 Å². The summed E-state index contributed by atoms with van der Waals surface area (Å²) in [6.07, 6.45) is 2.67. The zero-order valence-electron chi connectivity index (χ0n) is 10.7. The number of carbonyl (C=O) groups excluding carboxylic acids is 1. The van der Waals surface area contributed by atoms with Crippen LogP contribution < -0.4 is 5.32 Å². The summed E-state index contributed by atoms with van der Waals surface area (Å²) >= 11 is 0. The Kier molecular flexibility index (Phi) is 5.77. The lowest BCUT2D eigenvalue weighted by Crippen LogP contribution is -2.46. The minimum Gasteiger partial charge on any atom is -0.466 e. The van der Waals surface area contributed by atoms with E-state index in [4.69, 9.17) is 4.74 Å². The minimum absolute atomic E-state index is 0.0586. The number of nitrogens with one attached hydrogen (secondary N) is 1. The van der Waals surface area contributed by atoms with Crippen molar-refractivity contribution in [3.05, 3.63) is 0 Å². The first-order valence-electron chi connectivity index (χ1n) is 6.17. The van der Waals surface area contributed by atoms with Gasteiger partial charge >= 0.3 is 5.97 Å². The fraction of sp³-hybridized carbons (Fsp3) is 0.917. The maximum absolute atomic E-state index is 11.3. The molecule has 1 saturated heterocycles. The summed E-state index contributed by atoms with van der Waals surface area (Å²) in [5.41, 5.74) is 0. The van der Waals surface area contributed by atoms with Crippen LogP contribution in [0.25, 0.3) is 0 Å². The van der Waals surface area contributed by atoms with Crippen molar-refractivity contribution in [1.29, 1.82) is 0 Å². The number of carbonyl (C=O) groups is 1. The Bertz CT molecular complexity index is 221. The second-order valence-corrected chi connectivity index (χ2v) is 4.65. The molecule has 94 valence electrons. The summed E-state index contributed by atoms with van der Waals surface area (Å²) in [5.74, 6) is 0.553. The Morgan fingerprint density at radius 3 is 2.88 bits per heavy atom. The highest BCUT2D eigenvalue weighted by atomic mass is 16.5. The molecule has 1 fully saturated rings. The molecule has 0 amide bonds. The van der Waals surface area contributed by atoms with E-state index < -0.39 is 0 Å². The predicted octanol–water partition coefficient (Wildman–Crippen LogP) is 0.869. The molecule has 2 atom stereocenters. The summed E-state index contributed by atoms with van der Waals surface area (Å²) in [7, 11) is 4.15. The van der Waals surface area contributed by atoms with Gasteiger partial charge in [0.1, 0.15) is 0 Å². The summed E-state index contributed by atoms with van der Waals surface area (Å²) in [6.45, 7) is 4.54. The number of nitrogens with zero attached hydrogens (tertiary/aromatic N) is 1. The maximum atomic E-state index is 11.3. The molecule has 4 heteroatoms. The average molecular weight is 228 g/mol. The van der Waals surface area contributed by atoms with Gasteiger partial charge in [0.25, 0.3) is 0 Å². The molecule has 1 heterocycles. The lowest BCUT2D eigenvalue weighted by atomic mass is 9.91. The second-order valence-electron chi connectivity index (χ2n) is 4.65. The van der Waals surface area contributed by atoms with Gasteiger partial charge in [-0.05, 0) is 39.8 Å². The molecule has 1 aliphatic rings. The topological polar surface area (TPSA) is 41.6 Å². The molecule has 1 aliphatic heterocycles. The van der Waals surface area contributed by atoms with Crippen molar-refractivity contribution < 1.29 is 9.53 Å². The fourth-order valence-electron chi connectivity index (χ4n) is 2.42. The van der Waals surface area contributed by atoms with E-state index in [1.165, 1.54) is 6.42 Å². The van der Waals surface area contributed by atoms with Gasteiger partial charge in [-0.2, -0.15) is 0 Å². The third-order valence-electron chi connectivity index (χ3n) is 3.19. The molecule has 1 N–H and O–H groups in total. The third-order valence-corrected chi connectivity index (χ3v) is 3.19. The number of esters is 1. The van der Waals surface area contributed by atoms with Crippen LogP contribution in [0.1, 0.15) is 26.2 Å². The van der Waals surface area contributed by atoms with Gasteiger partial charge in [-0.3, -0.25) is 4.79 Å². The first kappa shape index (κ1) is 13.5. The number of hydrogen-bond acceptors (Lipinski definition) is 4. The first-order chi connectivity index (χ1) is 7.65. The van der Waals surface area contributed by atoms with Crippen LogP contribution in [0.4, 0.5) is 0 Å². The molecule has 0 radical (unpaired) electrons. The molecular weight excluding hydrogens is 204 g/mol. The van der Waals surface area contributed by atoms with Crippen molar-refractivity contribution in [3.8, 4) is 0 Å². The maximum Gasteiger partial charge on any atom is 0.305 e. The zero-order valence-corrected chi connectivity index (χ0v) is 10.7. The van der Waals surface area contributed by atoms with Crippen LogP contribution in [0.2, 0.25) is 0 Å². The van der Waals surface area contributed by atoms with Crippen LogP contribution >= 0.6 is 0 Å². The Hall–Kier alpha value is -0.610. The number of rotatable bonds is 5. The molecule has 0 saturated carbocycles. The van der Waals surface area contributed by atoms with E-state index in [-0.39, 0.29) is 5.97 Å². The van der Waals surface area contributed by atoms with Crippen LogP contribution in [0.15, 0.2) is 0 Å². The molecule has 2 unspecified atom stereocenters. The Labute approximate surface area is 98.3 Å². The molecule has 0 aromatic heterocycles. The quantitative estimate of drug-likeness (QED) is 0.709. The van der Waals surface area contributed by atoms with Crippen molar-refractivity contribution in [1.82, 2.24) is 10.2 Å². The number of piperidine rings is 1. The molecular formula is C12H24N2O2. The van der Waals surface area contributed by atoms with Crippen LogP contribution in [-0.4, -0.2) is 50.7 Å². The molecule has 4 nitrogen and oxygen atoms in total. The van der Waals surface area contributed by atoms with E-state index >= 15 is 0 Å². The summed E-state index contributed by atoms with van der Waals surface area (Å²) in [5, 5.41) is 3.32. The van der Waals surface area contributed by atoms with Crippen molar-refractivity contribution >= 4 is 5.97 Å². The second kappa shape index (κ2) is 6.86. The number of ether oxygens (including phenoxy) is 1. The Balaban J connectivity index is 2.27. The SMILES string of the molecule is CCOC(=O)CCC1CC(NC)CN(C)C1. The van der Waals surface area contributed by atoms with Crippen molar-refractivity contribution in [3.63, 3.8) is 0 Å².